The second kappa shape index (κ2) is 17.3. The molecule has 0 rings (SSSR count). The molecule has 8 heteroatoms. The summed E-state index contributed by atoms with van der Waals surface area (Å²) >= 11 is 0. The summed E-state index contributed by atoms with van der Waals surface area (Å²) in [5.74, 6) is 0.904. The highest BCUT2D eigenvalue weighted by Crippen LogP contribution is 2.06. The van der Waals surface area contributed by atoms with Crippen LogP contribution in [0.4, 0.5) is 0 Å². The minimum atomic E-state index is 0.270. The van der Waals surface area contributed by atoms with Gasteiger partial charge < -0.3 is 22.6 Å². The molecule has 0 saturated carbocycles. The van der Waals surface area contributed by atoms with Crippen LogP contribution in [0.15, 0.2) is 9.98 Å². The van der Waals surface area contributed by atoms with Gasteiger partial charge in [-0.15, -0.1) is 0 Å². The zero-order valence-corrected chi connectivity index (χ0v) is 17.0. The minimum absolute atomic E-state index is 0.270. The number of nitrogens with one attached hydrogen (secondary N) is 3. The van der Waals surface area contributed by atoms with E-state index in [-0.39, 0.29) is 5.84 Å². The average molecular weight is 381 g/mol. The van der Waals surface area contributed by atoms with Crippen LogP contribution < -0.4 is 22.5 Å². The summed E-state index contributed by atoms with van der Waals surface area (Å²) in [6.45, 7) is 3.22. The Kier molecular flexibility index (Phi) is 15.9. The van der Waals surface area contributed by atoms with Gasteiger partial charge in [-0.1, -0.05) is 38.5 Å². The van der Waals surface area contributed by atoms with E-state index in [1.165, 1.54) is 12.8 Å². The number of nitrogens with zero attached hydrogens (tertiary/aromatic N) is 2. The molecule has 0 heterocycles. The van der Waals surface area contributed by atoms with E-state index in [1.807, 2.05) is 6.92 Å². The summed E-state index contributed by atoms with van der Waals surface area (Å²) in [7, 11) is 0. The lowest BCUT2D eigenvalue weighted by molar-refractivity contribution is 0.626. The first kappa shape index (κ1) is 24.9. The van der Waals surface area contributed by atoms with Crippen molar-refractivity contribution in [2.45, 2.75) is 84.0 Å². The van der Waals surface area contributed by atoms with Crippen molar-refractivity contribution in [3.8, 4) is 0 Å². The fraction of sp³-hybridized carbons (Fsp3) is 0.789. The van der Waals surface area contributed by atoms with E-state index < -0.39 is 0 Å². The first-order valence-electron chi connectivity index (χ1n) is 10.2. The molecular formula is C19H40N8. The van der Waals surface area contributed by atoms with Crippen molar-refractivity contribution in [1.82, 2.24) is 5.32 Å². The van der Waals surface area contributed by atoms with Crippen molar-refractivity contribution in [1.29, 1.82) is 10.8 Å². The van der Waals surface area contributed by atoms with Gasteiger partial charge in [0, 0.05) is 25.2 Å². The van der Waals surface area contributed by atoms with E-state index in [0.29, 0.717) is 31.4 Å². The van der Waals surface area contributed by atoms with Crippen LogP contribution in [-0.2, 0) is 0 Å². The standard InChI is InChI=1S/C19H40N8/c1-16(20)12-8-4-2-6-10-14-25-18(23)27-19(24)26-15-11-7-3-5-9-13-17(21)22/h20H,2-15H2,1H3,(H3,21,22)(H5,23,24,25,26,27). The quantitative estimate of drug-likeness (QED) is 0.138. The molecule has 0 aromatic rings. The van der Waals surface area contributed by atoms with Gasteiger partial charge in [-0.25, -0.2) is 0 Å². The fourth-order valence-corrected chi connectivity index (χ4v) is 2.60. The van der Waals surface area contributed by atoms with Crippen molar-refractivity contribution in [3.05, 3.63) is 0 Å². The van der Waals surface area contributed by atoms with E-state index in [9.17, 15) is 0 Å². The Morgan fingerprint density at radius 1 is 0.667 bits per heavy atom. The third-order valence-corrected chi connectivity index (χ3v) is 4.13. The predicted octanol–water partition coefficient (Wildman–Crippen LogP) is 2.86. The molecule has 9 N–H and O–H groups in total. The molecule has 0 spiro atoms. The predicted molar refractivity (Wildman–Crippen MR) is 117 cm³/mol. The maximum Gasteiger partial charge on any atom is 0.195 e. The van der Waals surface area contributed by atoms with Crippen LogP contribution in [0.2, 0.25) is 0 Å². The maximum absolute atomic E-state index is 7.38. The van der Waals surface area contributed by atoms with Crippen molar-refractivity contribution in [2.75, 3.05) is 13.1 Å². The summed E-state index contributed by atoms with van der Waals surface area (Å²) in [6, 6.07) is 0. The number of unbranched alkanes of at least 4 members (excludes halogenated alkanes) is 8. The molecule has 27 heavy (non-hydrogen) atoms. The van der Waals surface area contributed by atoms with Gasteiger partial charge in [0.15, 0.2) is 11.9 Å². The Morgan fingerprint density at radius 3 is 1.52 bits per heavy atom. The Hall–Kier alpha value is -2.12. The summed E-state index contributed by atoms with van der Waals surface area (Å²) in [5, 5.41) is 17.4. The Morgan fingerprint density at radius 2 is 1.07 bits per heavy atom. The third kappa shape index (κ3) is 20.0. The molecule has 0 saturated heterocycles. The highest BCUT2D eigenvalue weighted by Gasteiger charge is 1.97. The summed E-state index contributed by atoms with van der Waals surface area (Å²) in [6.07, 6.45) is 12.5. The van der Waals surface area contributed by atoms with Gasteiger partial charge in [0.2, 0.25) is 0 Å². The Labute approximate surface area is 164 Å². The number of hydrogen-bond donors (Lipinski definition) is 6. The second-order valence-corrected chi connectivity index (χ2v) is 7.00. The van der Waals surface area contributed by atoms with Crippen molar-refractivity contribution >= 4 is 23.5 Å². The topological polar surface area (TPSA) is 163 Å². The van der Waals surface area contributed by atoms with Crippen LogP contribution >= 0.6 is 0 Å². The molecule has 0 fully saturated rings. The maximum atomic E-state index is 7.38. The van der Waals surface area contributed by atoms with Crippen LogP contribution in [0, 0.1) is 10.8 Å². The molecule has 0 aliphatic carbocycles. The highest BCUT2D eigenvalue weighted by atomic mass is 15.2. The molecule has 0 aliphatic rings. The molecule has 0 aromatic carbocycles. The lowest BCUT2D eigenvalue weighted by atomic mass is 10.1. The third-order valence-electron chi connectivity index (χ3n) is 4.13. The first-order valence-corrected chi connectivity index (χ1v) is 10.2. The van der Waals surface area contributed by atoms with Crippen molar-refractivity contribution in [3.63, 3.8) is 0 Å². The second-order valence-electron chi connectivity index (χ2n) is 7.00. The molecule has 0 bridgehead atoms. The van der Waals surface area contributed by atoms with Crippen molar-refractivity contribution in [2.24, 2.45) is 27.2 Å². The lowest BCUT2D eigenvalue weighted by Crippen LogP contribution is -2.41. The van der Waals surface area contributed by atoms with Crippen LogP contribution in [0.25, 0.3) is 0 Å². The lowest BCUT2D eigenvalue weighted by Gasteiger charge is -2.05. The largest absolute Gasteiger partial charge is 0.388 e. The summed E-state index contributed by atoms with van der Waals surface area (Å²) in [4.78, 5) is 8.52. The molecule has 0 aromatic heterocycles. The average Bonchev–Trinajstić information content (AvgIpc) is 2.59. The minimum Gasteiger partial charge on any atom is -0.388 e. The van der Waals surface area contributed by atoms with Crippen LogP contribution in [0.5, 0.6) is 0 Å². The van der Waals surface area contributed by atoms with Gasteiger partial charge in [-0.3, -0.25) is 20.7 Å². The smallest absolute Gasteiger partial charge is 0.195 e. The molecule has 0 radical (unpaired) electrons. The van der Waals surface area contributed by atoms with Crippen molar-refractivity contribution < 1.29 is 0 Å². The number of hydrogen-bond acceptors (Lipinski definition) is 4. The fourth-order valence-electron chi connectivity index (χ4n) is 2.60. The van der Waals surface area contributed by atoms with Gasteiger partial charge >= 0.3 is 0 Å². The molecule has 0 amide bonds. The molecule has 0 unspecified atom stereocenters. The van der Waals surface area contributed by atoms with Gasteiger partial charge in [-0.2, -0.15) is 0 Å². The zero-order valence-electron chi connectivity index (χ0n) is 17.0. The number of aliphatic imine (C=N–C) groups is 2. The van der Waals surface area contributed by atoms with Gasteiger partial charge in [0.25, 0.3) is 0 Å². The van der Waals surface area contributed by atoms with Gasteiger partial charge in [-0.05, 0) is 39.0 Å². The van der Waals surface area contributed by atoms with E-state index in [2.05, 4.69) is 15.3 Å². The molecular weight excluding hydrogens is 340 g/mol. The van der Waals surface area contributed by atoms with Gasteiger partial charge in [0.05, 0.1) is 5.84 Å². The SMILES string of the molecule is CC(=N)CCCCCCCN=C(N)NC(N)=NCCCCCCCC(=N)N. The number of nitrogens with two attached hydrogens (primary N) is 3. The summed E-state index contributed by atoms with van der Waals surface area (Å²) in [5.41, 5.74) is 17.7. The van der Waals surface area contributed by atoms with Crippen LogP contribution in [0.3, 0.4) is 0 Å². The monoisotopic (exact) mass is 380 g/mol. The Bertz CT molecular complexity index is 428. The van der Waals surface area contributed by atoms with E-state index in [4.69, 9.17) is 28.0 Å². The van der Waals surface area contributed by atoms with E-state index in [0.717, 1.165) is 63.5 Å². The van der Waals surface area contributed by atoms with Gasteiger partial charge in [0.1, 0.15) is 0 Å². The van der Waals surface area contributed by atoms with E-state index in [1.54, 1.807) is 0 Å². The normalized spacial score (nSPS) is 12.2. The number of amidine groups is 1. The Balaban J connectivity index is 3.61. The number of guanidine groups is 2. The summed E-state index contributed by atoms with van der Waals surface area (Å²) < 4.78 is 0. The highest BCUT2D eigenvalue weighted by molar-refractivity contribution is 5.97. The van der Waals surface area contributed by atoms with Crippen LogP contribution in [0.1, 0.15) is 84.0 Å². The molecule has 156 valence electrons. The molecule has 0 aliphatic heterocycles. The molecule has 0 atom stereocenters. The van der Waals surface area contributed by atoms with Crippen LogP contribution in [-0.4, -0.2) is 36.6 Å². The number of rotatable bonds is 16. The molecule has 8 nitrogen and oxygen atoms in total. The first-order chi connectivity index (χ1) is 12.9. The van der Waals surface area contributed by atoms with E-state index >= 15 is 0 Å². The zero-order chi connectivity index (χ0) is 20.3.